The van der Waals surface area contributed by atoms with E-state index in [9.17, 15) is 0 Å². The minimum atomic E-state index is 0. The zero-order valence-corrected chi connectivity index (χ0v) is 21.0. The Morgan fingerprint density at radius 2 is 1.70 bits per heavy atom. The SMILES string of the molecule is CCOc1cc(NC(=NC)NCc2ccccc2CN(CC)CC)ccc1OC.I. The van der Waals surface area contributed by atoms with Crippen molar-refractivity contribution in [2.75, 3.05) is 39.2 Å². The Morgan fingerprint density at radius 3 is 2.30 bits per heavy atom. The third-order valence-corrected chi connectivity index (χ3v) is 4.80. The van der Waals surface area contributed by atoms with Crippen molar-refractivity contribution in [3.05, 3.63) is 53.6 Å². The molecule has 0 atom stereocenters. The molecule has 0 bridgehead atoms. The molecule has 0 aliphatic heterocycles. The predicted molar refractivity (Wildman–Crippen MR) is 136 cm³/mol. The first kappa shape index (κ1) is 26.0. The molecular formula is C23H35IN4O2. The average molecular weight is 526 g/mol. The molecule has 2 aromatic rings. The summed E-state index contributed by atoms with van der Waals surface area (Å²) in [5.74, 6) is 2.13. The van der Waals surface area contributed by atoms with Crippen LogP contribution in [0.4, 0.5) is 5.69 Å². The fraction of sp³-hybridized carbons (Fsp3) is 0.435. The van der Waals surface area contributed by atoms with Crippen molar-refractivity contribution in [3.8, 4) is 11.5 Å². The maximum atomic E-state index is 5.66. The zero-order valence-electron chi connectivity index (χ0n) is 18.7. The quantitative estimate of drug-likeness (QED) is 0.266. The third-order valence-electron chi connectivity index (χ3n) is 4.80. The lowest BCUT2D eigenvalue weighted by atomic mass is 10.1. The third kappa shape index (κ3) is 7.68. The molecule has 0 saturated heterocycles. The number of ether oxygens (including phenoxy) is 2. The van der Waals surface area contributed by atoms with Gasteiger partial charge in [-0.2, -0.15) is 0 Å². The zero-order chi connectivity index (χ0) is 21.1. The van der Waals surface area contributed by atoms with Gasteiger partial charge in [0.1, 0.15) is 0 Å². The van der Waals surface area contributed by atoms with Gasteiger partial charge in [-0.1, -0.05) is 38.1 Å². The topological polar surface area (TPSA) is 58.1 Å². The van der Waals surface area contributed by atoms with Crippen LogP contribution in [0.25, 0.3) is 0 Å². The molecule has 7 heteroatoms. The molecule has 0 amide bonds. The molecule has 2 rings (SSSR count). The highest BCUT2D eigenvalue weighted by Crippen LogP contribution is 2.30. The van der Waals surface area contributed by atoms with E-state index in [4.69, 9.17) is 9.47 Å². The molecule has 0 aromatic heterocycles. The van der Waals surface area contributed by atoms with E-state index in [-0.39, 0.29) is 24.0 Å². The lowest BCUT2D eigenvalue weighted by molar-refractivity contribution is 0.295. The van der Waals surface area contributed by atoms with E-state index in [1.165, 1.54) is 11.1 Å². The Kier molecular flexibility index (Phi) is 12.2. The molecule has 0 saturated carbocycles. The number of nitrogens with one attached hydrogen (secondary N) is 2. The number of guanidine groups is 1. The molecule has 2 aromatic carbocycles. The predicted octanol–water partition coefficient (Wildman–Crippen LogP) is 4.74. The van der Waals surface area contributed by atoms with E-state index in [0.717, 1.165) is 25.3 Å². The summed E-state index contributed by atoms with van der Waals surface area (Å²) >= 11 is 0. The highest BCUT2D eigenvalue weighted by Gasteiger charge is 2.09. The van der Waals surface area contributed by atoms with Gasteiger partial charge in [0.05, 0.1) is 13.7 Å². The van der Waals surface area contributed by atoms with Crippen molar-refractivity contribution < 1.29 is 9.47 Å². The second-order valence-electron chi connectivity index (χ2n) is 6.58. The fourth-order valence-electron chi connectivity index (χ4n) is 3.09. The highest BCUT2D eigenvalue weighted by molar-refractivity contribution is 14.0. The number of nitrogens with zero attached hydrogens (tertiary/aromatic N) is 2. The molecule has 0 radical (unpaired) electrons. The van der Waals surface area contributed by atoms with E-state index < -0.39 is 0 Å². The van der Waals surface area contributed by atoms with Gasteiger partial charge in [0.25, 0.3) is 0 Å². The van der Waals surface area contributed by atoms with Gasteiger partial charge in [-0.15, -0.1) is 24.0 Å². The smallest absolute Gasteiger partial charge is 0.195 e. The number of aliphatic imine (C=N–C) groups is 1. The molecule has 0 heterocycles. The molecule has 0 fully saturated rings. The van der Waals surface area contributed by atoms with Crippen LogP contribution in [0.3, 0.4) is 0 Å². The summed E-state index contributed by atoms with van der Waals surface area (Å²) in [5.41, 5.74) is 3.49. The Bertz CT molecular complexity index is 795. The summed E-state index contributed by atoms with van der Waals surface area (Å²) in [7, 11) is 3.41. The summed E-state index contributed by atoms with van der Waals surface area (Å²) < 4.78 is 11.0. The Hall–Kier alpha value is -2.00. The van der Waals surface area contributed by atoms with Gasteiger partial charge < -0.3 is 20.1 Å². The van der Waals surface area contributed by atoms with Crippen molar-refractivity contribution in [1.82, 2.24) is 10.2 Å². The van der Waals surface area contributed by atoms with Crippen molar-refractivity contribution >= 4 is 35.6 Å². The van der Waals surface area contributed by atoms with Crippen LogP contribution < -0.4 is 20.1 Å². The maximum absolute atomic E-state index is 5.66. The minimum Gasteiger partial charge on any atom is -0.493 e. The fourth-order valence-corrected chi connectivity index (χ4v) is 3.09. The monoisotopic (exact) mass is 526 g/mol. The van der Waals surface area contributed by atoms with Gasteiger partial charge in [-0.3, -0.25) is 9.89 Å². The maximum Gasteiger partial charge on any atom is 0.195 e. The number of hydrogen-bond donors (Lipinski definition) is 2. The van der Waals surface area contributed by atoms with Crippen LogP contribution in [-0.2, 0) is 13.1 Å². The van der Waals surface area contributed by atoms with E-state index in [1.807, 2.05) is 25.1 Å². The van der Waals surface area contributed by atoms with Gasteiger partial charge >= 0.3 is 0 Å². The molecule has 0 aliphatic carbocycles. The van der Waals surface area contributed by atoms with Gasteiger partial charge in [-0.25, -0.2) is 0 Å². The Balaban J connectivity index is 0.00000450. The Morgan fingerprint density at radius 1 is 1.00 bits per heavy atom. The second-order valence-corrected chi connectivity index (χ2v) is 6.58. The van der Waals surface area contributed by atoms with Crippen LogP contribution in [0.15, 0.2) is 47.5 Å². The minimum absolute atomic E-state index is 0. The lowest BCUT2D eigenvalue weighted by Crippen LogP contribution is -2.31. The van der Waals surface area contributed by atoms with Gasteiger partial charge in [0.2, 0.25) is 0 Å². The van der Waals surface area contributed by atoms with Crippen LogP contribution in [0.1, 0.15) is 31.9 Å². The number of halogens is 1. The molecular weight excluding hydrogens is 491 g/mol. The highest BCUT2D eigenvalue weighted by atomic mass is 127. The molecule has 6 nitrogen and oxygen atoms in total. The number of rotatable bonds is 10. The summed E-state index contributed by atoms with van der Waals surface area (Å²) in [4.78, 5) is 6.77. The van der Waals surface area contributed by atoms with Crippen molar-refractivity contribution in [3.63, 3.8) is 0 Å². The summed E-state index contributed by atoms with van der Waals surface area (Å²) in [6, 6.07) is 14.3. The largest absolute Gasteiger partial charge is 0.493 e. The average Bonchev–Trinajstić information content (AvgIpc) is 2.76. The molecule has 166 valence electrons. The number of hydrogen-bond acceptors (Lipinski definition) is 4. The number of methoxy groups -OCH3 is 1. The molecule has 0 spiro atoms. The first-order valence-electron chi connectivity index (χ1n) is 10.2. The number of benzene rings is 2. The molecule has 2 N–H and O–H groups in total. The van der Waals surface area contributed by atoms with Crippen LogP contribution in [0, 0.1) is 0 Å². The van der Waals surface area contributed by atoms with E-state index >= 15 is 0 Å². The van der Waals surface area contributed by atoms with Crippen LogP contribution in [0.2, 0.25) is 0 Å². The summed E-state index contributed by atoms with van der Waals surface area (Å²) in [5, 5.41) is 6.74. The number of anilines is 1. The van der Waals surface area contributed by atoms with E-state index in [1.54, 1.807) is 14.2 Å². The Labute approximate surface area is 198 Å². The van der Waals surface area contributed by atoms with Crippen LogP contribution in [0.5, 0.6) is 11.5 Å². The normalized spacial score (nSPS) is 11.1. The van der Waals surface area contributed by atoms with Crippen molar-refractivity contribution in [2.45, 2.75) is 33.9 Å². The van der Waals surface area contributed by atoms with Crippen LogP contribution in [-0.4, -0.2) is 44.7 Å². The summed E-state index contributed by atoms with van der Waals surface area (Å²) in [6.45, 7) is 10.7. The second kappa shape index (κ2) is 14.1. The standard InChI is InChI=1S/C23H34N4O2.HI/c1-6-27(7-2)17-19-12-10-9-11-18(19)16-25-23(24-4)26-20-13-14-21(28-5)22(15-20)29-8-3;/h9-15H,6-8,16-17H2,1-5H3,(H2,24,25,26);1H. The van der Waals surface area contributed by atoms with E-state index in [0.29, 0.717) is 30.6 Å². The van der Waals surface area contributed by atoms with Gasteiger partial charge in [0.15, 0.2) is 17.5 Å². The van der Waals surface area contributed by atoms with Gasteiger partial charge in [0, 0.05) is 31.9 Å². The molecule has 0 aliphatic rings. The lowest BCUT2D eigenvalue weighted by Gasteiger charge is -2.21. The van der Waals surface area contributed by atoms with Gasteiger partial charge in [-0.05, 0) is 43.3 Å². The molecule has 0 unspecified atom stereocenters. The van der Waals surface area contributed by atoms with Crippen molar-refractivity contribution in [2.24, 2.45) is 4.99 Å². The first-order chi connectivity index (χ1) is 14.1. The summed E-state index contributed by atoms with van der Waals surface area (Å²) in [6.07, 6.45) is 0. The van der Waals surface area contributed by atoms with E-state index in [2.05, 4.69) is 58.6 Å². The van der Waals surface area contributed by atoms with Crippen molar-refractivity contribution in [1.29, 1.82) is 0 Å². The van der Waals surface area contributed by atoms with Crippen LogP contribution >= 0.6 is 24.0 Å². The molecule has 30 heavy (non-hydrogen) atoms. The first-order valence-corrected chi connectivity index (χ1v) is 10.2.